The van der Waals surface area contributed by atoms with Crippen molar-refractivity contribution in [2.24, 2.45) is 0 Å². The fourth-order valence-corrected chi connectivity index (χ4v) is 1.34. The van der Waals surface area contributed by atoms with E-state index in [-0.39, 0.29) is 0 Å². The van der Waals surface area contributed by atoms with Crippen molar-refractivity contribution in [3.05, 3.63) is 11.6 Å². The summed E-state index contributed by atoms with van der Waals surface area (Å²) in [6.07, 6.45) is 10.3. The second-order valence-corrected chi connectivity index (χ2v) is 3.15. The van der Waals surface area contributed by atoms with E-state index in [2.05, 4.69) is 26.8 Å². The number of hydrogen-bond donors (Lipinski definition) is 0. The largest absolute Gasteiger partial charge is 0.0885 e. The zero-order chi connectivity index (χ0) is 8.53. The van der Waals surface area contributed by atoms with Crippen LogP contribution >= 0.6 is 0 Å². The molecule has 0 aromatic rings. The summed E-state index contributed by atoms with van der Waals surface area (Å²) < 4.78 is 0. The number of allylic oxidation sites excluding steroid dienone is 2. The molecule has 0 aliphatic rings. The molecule has 66 valence electrons. The Kier molecular flexibility index (Phi) is 7.66. The first-order valence-corrected chi connectivity index (χ1v) is 4.99. The maximum Gasteiger partial charge on any atom is -0.0320 e. The van der Waals surface area contributed by atoms with Gasteiger partial charge in [0.1, 0.15) is 0 Å². The Morgan fingerprint density at radius 3 is 2.18 bits per heavy atom. The molecule has 0 rings (SSSR count). The zero-order valence-corrected chi connectivity index (χ0v) is 8.32. The van der Waals surface area contributed by atoms with E-state index in [1.165, 1.54) is 38.5 Å². The van der Waals surface area contributed by atoms with E-state index in [9.17, 15) is 0 Å². The van der Waals surface area contributed by atoms with Crippen molar-refractivity contribution in [2.45, 2.75) is 59.3 Å². The average molecular weight is 154 g/mol. The van der Waals surface area contributed by atoms with Crippen LogP contribution in [0.4, 0.5) is 0 Å². The van der Waals surface area contributed by atoms with Crippen LogP contribution in [0.25, 0.3) is 0 Å². The molecule has 0 unspecified atom stereocenters. The third kappa shape index (κ3) is 6.15. The Balaban J connectivity index is 3.37. The lowest BCUT2D eigenvalue weighted by atomic mass is 10.0. The van der Waals surface area contributed by atoms with E-state index in [1.807, 2.05) is 0 Å². The molecule has 0 nitrogen and oxygen atoms in total. The van der Waals surface area contributed by atoms with Crippen LogP contribution in [0, 0.1) is 0 Å². The van der Waals surface area contributed by atoms with E-state index in [0.29, 0.717) is 0 Å². The molecule has 0 atom stereocenters. The highest BCUT2D eigenvalue weighted by Gasteiger charge is 1.93. The molecule has 0 heterocycles. The summed E-state index contributed by atoms with van der Waals surface area (Å²) >= 11 is 0. The van der Waals surface area contributed by atoms with E-state index in [0.717, 1.165) is 0 Å². The van der Waals surface area contributed by atoms with Crippen molar-refractivity contribution in [3.8, 4) is 0 Å². The van der Waals surface area contributed by atoms with Gasteiger partial charge in [-0.2, -0.15) is 0 Å². The second-order valence-electron chi connectivity index (χ2n) is 3.15. The van der Waals surface area contributed by atoms with Crippen molar-refractivity contribution in [1.29, 1.82) is 0 Å². The second kappa shape index (κ2) is 7.84. The van der Waals surface area contributed by atoms with Crippen LogP contribution in [0.15, 0.2) is 11.6 Å². The highest BCUT2D eigenvalue weighted by atomic mass is 14.0. The van der Waals surface area contributed by atoms with E-state index in [4.69, 9.17) is 0 Å². The summed E-state index contributed by atoms with van der Waals surface area (Å²) in [5.74, 6) is 0. The Labute approximate surface area is 71.7 Å². The van der Waals surface area contributed by atoms with Crippen LogP contribution in [-0.4, -0.2) is 0 Å². The van der Waals surface area contributed by atoms with Gasteiger partial charge in [0.15, 0.2) is 0 Å². The maximum absolute atomic E-state index is 2.29. The van der Waals surface area contributed by atoms with Gasteiger partial charge in [-0.3, -0.25) is 0 Å². The minimum absolute atomic E-state index is 1.30. The molecule has 0 N–H and O–H groups in total. The molecule has 0 spiro atoms. The smallest absolute Gasteiger partial charge is 0.0320 e. The summed E-state index contributed by atoms with van der Waals surface area (Å²) in [5, 5.41) is 0. The van der Waals surface area contributed by atoms with Crippen molar-refractivity contribution >= 4 is 0 Å². The van der Waals surface area contributed by atoms with E-state index < -0.39 is 0 Å². The summed E-state index contributed by atoms with van der Waals surface area (Å²) in [7, 11) is 0. The standard InChI is InChI=1S/C11H22/c1-4-7-8-10-11(6-3)9-5-2/h6H,4-5,7-10H2,1-3H3/b11-6-. The molecule has 0 aliphatic carbocycles. The van der Waals surface area contributed by atoms with Gasteiger partial charge in [0, 0.05) is 0 Å². The molecule has 0 aliphatic heterocycles. The SMILES string of the molecule is C/C=C(/CCC)CCCCC. The highest BCUT2D eigenvalue weighted by molar-refractivity contribution is 4.99. The van der Waals surface area contributed by atoms with Crippen molar-refractivity contribution in [3.63, 3.8) is 0 Å². The lowest BCUT2D eigenvalue weighted by Crippen LogP contribution is -1.83. The van der Waals surface area contributed by atoms with Gasteiger partial charge in [-0.05, 0) is 26.2 Å². The lowest BCUT2D eigenvalue weighted by molar-refractivity contribution is 0.690. The molecule has 11 heavy (non-hydrogen) atoms. The van der Waals surface area contributed by atoms with Crippen LogP contribution < -0.4 is 0 Å². The number of rotatable bonds is 6. The lowest BCUT2D eigenvalue weighted by Gasteiger charge is -2.03. The van der Waals surface area contributed by atoms with Crippen LogP contribution in [-0.2, 0) is 0 Å². The number of unbranched alkanes of at least 4 members (excludes halogenated alkanes) is 2. The Bertz CT molecular complexity index is 101. The van der Waals surface area contributed by atoms with Crippen molar-refractivity contribution < 1.29 is 0 Å². The normalized spacial score (nSPS) is 12.1. The Morgan fingerprint density at radius 1 is 1.00 bits per heavy atom. The highest BCUT2D eigenvalue weighted by Crippen LogP contribution is 2.13. The van der Waals surface area contributed by atoms with Gasteiger partial charge < -0.3 is 0 Å². The molecule has 0 bridgehead atoms. The summed E-state index contributed by atoms with van der Waals surface area (Å²) in [6, 6.07) is 0. The van der Waals surface area contributed by atoms with E-state index in [1.54, 1.807) is 5.57 Å². The van der Waals surface area contributed by atoms with Crippen LogP contribution in [0.5, 0.6) is 0 Å². The minimum Gasteiger partial charge on any atom is -0.0885 e. The number of hydrogen-bond acceptors (Lipinski definition) is 0. The molecule has 0 radical (unpaired) electrons. The van der Waals surface area contributed by atoms with Crippen LogP contribution in [0.1, 0.15) is 59.3 Å². The van der Waals surface area contributed by atoms with Gasteiger partial charge in [0.2, 0.25) is 0 Å². The predicted octanol–water partition coefficient (Wildman–Crippen LogP) is 4.31. The Morgan fingerprint density at radius 2 is 1.73 bits per heavy atom. The fourth-order valence-electron chi connectivity index (χ4n) is 1.34. The van der Waals surface area contributed by atoms with E-state index >= 15 is 0 Å². The molecule has 0 amide bonds. The molecular weight excluding hydrogens is 132 g/mol. The Hall–Kier alpha value is -0.260. The molecule has 0 aromatic heterocycles. The first kappa shape index (κ1) is 10.7. The predicted molar refractivity (Wildman–Crippen MR) is 52.8 cm³/mol. The van der Waals surface area contributed by atoms with Gasteiger partial charge in [-0.15, -0.1) is 0 Å². The minimum atomic E-state index is 1.30. The molecule has 0 saturated carbocycles. The van der Waals surface area contributed by atoms with Gasteiger partial charge in [-0.25, -0.2) is 0 Å². The molecule has 0 saturated heterocycles. The molecule has 0 aromatic carbocycles. The van der Waals surface area contributed by atoms with Crippen molar-refractivity contribution in [2.75, 3.05) is 0 Å². The van der Waals surface area contributed by atoms with Crippen LogP contribution in [0.3, 0.4) is 0 Å². The first-order valence-electron chi connectivity index (χ1n) is 4.99. The average Bonchev–Trinajstić information content (AvgIpc) is 2.03. The zero-order valence-electron chi connectivity index (χ0n) is 8.32. The topological polar surface area (TPSA) is 0 Å². The maximum atomic E-state index is 2.29. The summed E-state index contributed by atoms with van der Waals surface area (Å²) in [6.45, 7) is 6.68. The van der Waals surface area contributed by atoms with Gasteiger partial charge in [0.25, 0.3) is 0 Å². The van der Waals surface area contributed by atoms with Crippen molar-refractivity contribution in [1.82, 2.24) is 0 Å². The molecule has 0 fully saturated rings. The van der Waals surface area contributed by atoms with Gasteiger partial charge in [0.05, 0.1) is 0 Å². The first-order chi connectivity index (χ1) is 5.35. The monoisotopic (exact) mass is 154 g/mol. The summed E-state index contributed by atoms with van der Waals surface area (Å²) in [4.78, 5) is 0. The van der Waals surface area contributed by atoms with Crippen LogP contribution in [0.2, 0.25) is 0 Å². The quantitative estimate of drug-likeness (QED) is 0.395. The third-order valence-corrected chi connectivity index (χ3v) is 2.08. The van der Waals surface area contributed by atoms with Gasteiger partial charge in [-0.1, -0.05) is 44.8 Å². The van der Waals surface area contributed by atoms with Gasteiger partial charge >= 0.3 is 0 Å². The summed E-state index contributed by atoms with van der Waals surface area (Å²) in [5.41, 5.74) is 1.65. The molecule has 0 heteroatoms. The molecular formula is C11H22. The fraction of sp³-hybridized carbons (Fsp3) is 0.818. The third-order valence-electron chi connectivity index (χ3n) is 2.08.